The fourth-order valence-corrected chi connectivity index (χ4v) is 4.55. The smallest absolute Gasteiger partial charge is 0.268 e. The molecule has 23 heavy (non-hydrogen) atoms. The van der Waals surface area contributed by atoms with Crippen molar-refractivity contribution in [2.75, 3.05) is 6.54 Å². The predicted octanol–water partition coefficient (Wildman–Crippen LogP) is 2.83. The Morgan fingerprint density at radius 2 is 1.91 bits per heavy atom. The molecule has 0 saturated heterocycles. The molecule has 0 spiro atoms. The van der Waals surface area contributed by atoms with Crippen LogP contribution in [0.1, 0.15) is 16.7 Å². The summed E-state index contributed by atoms with van der Waals surface area (Å²) in [6.07, 6.45) is 2.58. The van der Waals surface area contributed by atoms with E-state index < -0.39 is 10.0 Å². The minimum Gasteiger partial charge on any atom is -0.312 e. The van der Waals surface area contributed by atoms with E-state index in [1.54, 1.807) is 18.3 Å². The van der Waals surface area contributed by atoms with Crippen LogP contribution in [-0.2, 0) is 23.0 Å². The van der Waals surface area contributed by atoms with Crippen LogP contribution in [0, 0.1) is 6.92 Å². The summed E-state index contributed by atoms with van der Waals surface area (Å²) < 4.78 is 27.5. The standard InChI is InChI=1S/C18H18N2O2S/c1-13-2-3-15-7-9-20(18(15)10-13)23(21,22)17-5-4-14-6-8-19-12-16(14)11-17/h2-5,7,9-11,19H,6,8,12H2,1H3. The molecule has 0 amide bonds. The Morgan fingerprint density at radius 3 is 2.78 bits per heavy atom. The van der Waals surface area contributed by atoms with E-state index in [1.807, 2.05) is 37.3 Å². The van der Waals surface area contributed by atoms with E-state index in [-0.39, 0.29) is 0 Å². The second-order valence-corrected chi connectivity index (χ2v) is 7.85. The lowest BCUT2D eigenvalue weighted by atomic mass is 10.0. The molecule has 1 aliphatic heterocycles. The molecule has 0 bridgehead atoms. The lowest BCUT2D eigenvalue weighted by molar-refractivity contribution is 0.588. The highest BCUT2D eigenvalue weighted by Crippen LogP contribution is 2.25. The Morgan fingerprint density at radius 1 is 1.04 bits per heavy atom. The van der Waals surface area contributed by atoms with E-state index in [2.05, 4.69) is 5.32 Å². The van der Waals surface area contributed by atoms with Crippen molar-refractivity contribution < 1.29 is 8.42 Å². The molecule has 1 aromatic heterocycles. The van der Waals surface area contributed by atoms with Crippen LogP contribution in [0.4, 0.5) is 0 Å². The first-order chi connectivity index (χ1) is 11.1. The van der Waals surface area contributed by atoms with Gasteiger partial charge in [-0.15, -0.1) is 0 Å². The van der Waals surface area contributed by atoms with E-state index in [1.165, 1.54) is 9.54 Å². The number of rotatable bonds is 2. The fraction of sp³-hybridized carbons (Fsp3) is 0.222. The molecule has 0 fully saturated rings. The number of fused-ring (bicyclic) bond motifs is 2. The highest BCUT2D eigenvalue weighted by atomic mass is 32.2. The number of aryl methyl sites for hydroxylation is 1. The normalized spacial score (nSPS) is 14.8. The second kappa shape index (κ2) is 5.22. The molecule has 0 unspecified atom stereocenters. The van der Waals surface area contributed by atoms with Crippen molar-refractivity contribution in [3.63, 3.8) is 0 Å². The van der Waals surface area contributed by atoms with Gasteiger partial charge in [0.05, 0.1) is 10.4 Å². The van der Waals surface area contributed by atoms with Gasteiger partial charge in [0.25, 0.3) is 10.0 Å². The summed E-state index contributed by atoms with van der Waals surface area (Å²) in [5.41, 5.74) is 4.07. The second-order valence-electron chi connectivity index (χ2n) is 6.04. The number of aromatic nitrogens is 1. The van der Waals surface area contributed by atoms with Gasteiger partial charge in [0.2, 0.25) is 0 Å². The molecule has 0 radical (unpaired) electrons. The average molecular weight is 326 g/mol. The van der Waals surface area contributed by atoms with Gasteiger partial charge in [-0.1, -0.05) is 18.2 Å². The average Bonchev–Trinajstić information content (AvgIpc) is 2.98. The van der Waals surface area contributed by atoms with Gasteiger partial charge >= 0.3 is 0 Å². The van der Waals surface area contributed by atoms with Crippen molar-refractivity contribution in [3.05, 3.63) is 65.4 Å². The summed E-state index contributed by atoms with van der Waals surface area (Å²) >= 11 is 0. The molecule has 0 atom stereocenters. The van der Waals surface area contributed by atoms with Crippen LogP contribution in [0.15, 0.2) is 53.6 Å². The number of benzene rings is 2. The van der Waals surface area contributed by atoms with Crippen LogP contribution in [0.3, 0.4) is 0 Å². The van der Waals surface area contributed by atoms with Crippen LogP contribution in [0.5, 0.6) is 0 Å². The summed E-state index contributed by atoms with van der Waals surface area (Å²) in [7, 11) is -3.58. The van der Waals surface area contributed by atoms with Gasteiger partial charge in [-0.2, -0.15) is 0 Å². The van der Waals surface area contributed by atoms with Crippen molar-refractivity contribution in [1.82, 2.24) is 9.29 Å². The van der Waals surface area contributed by atoms with Gasteiger partial charge < -0.3 is 5.32 Å². The molecule has 4 rings (SSSR count). The highest BCUT2D eigenvalue weighted by Gasteiger charge is 2.21. The molecule has 1 N–H and O–H groups in total. The lowest BCUT2D eigenvalue weighted by Crippen LogP contribution is -2.24. The Labute approximate surface area is 135 Å². The van der Waals surface area contributed by atoms with Gasteiger partial charge in [0.15, 0.2) is 0 Å². The molecule has 5 heteroatoms. The van der Waals surface area contributed by atoms with E-state index in [9.17, 15) is 8.42 Å². The quantitative estimate of drug-likeness (QED) is 0.788. The summed E-state index contributed by atoms with van der Waals surface area (Å²) in [6.45, 7) is 3.64. The van der Waals surface area contributed by atoms with E-state index >= 15 is 0 Å². The van der Waals surface area contributed by atoms with Gasteiger partial charge in [0.1, 0.15) is 0 Å². The molecule has 3 aromatic rings. The molecular weight excluding hydrogens is 308 g/mol. The van der Waals surface area contributed by atoms with Crippen LogP contribution in [0.2, 0.25) is 0 Å². The minimum absolute atomic E-state index is 0.346. The summed E-state index contributed by atoms with van der Waals surface area (Å²) in [5, 5.41) is 4.22. The summed E-state index contributed by atoms with van der Waals surface area (Å²) in [4.78, 5) is 0.346. The maximum atomic E-state index is 13.0. The maximum absolute atomic E-state index is 13.0. The predicted molar refractivity (Wildman–Crippen MR) is 91.1 cm³/mol. The third-order valence-electron chi connectivity index (χ3n) is 4.43. The SMILES string of the molecule is Cc1ccc2ccn(S(=O)(=O)c3ccc4c(c3)CNCC4)c2c1. The molecule has 4 nitrogen and oxygen atoms in total. The van der Waals surface area contributed by atoms with Gasteiger partial charge in [-0.05, 0) is 60.8 Å². The Balaban J connectivity index is 1.88. The van der Waals surface area contributed by atoms with E-state index in [0.717, 1.165) is 41.5 Å². The fourth-order valence-electron chi connectivity index (χ4n) is 3.15. The Kier molecular flexibility index (Phi) is 3.28. The first-order valence-electron chi connectivity index (χ1n) is 7.71. The monoisotopic (exact) mass is 326 g/mol. The zero-order valence-corrected chi connectivity index (χ0v) is 13.7. The molecule has 2 heterocycles. The van der Waals surface area contributed by atoms with E-state index in [0.29, 0.717) is 4.90 Å². The van der Waals surface area contributed by atoms with Gasteiger partial charge in [-0.3, -0.25) is 0 Å². The summed E-state index contributed by atoms with van der Waals surface area (Å²) in [5.74, 6) is 0. The first kappa shape index (κ1) is 14.5. The van der Waals surface area contributed by atoms with Crippen LogP contribution >= 0.6 is 0 Å². The van der Waals surface area contributed by atoms with E-state index in [4.69, 9.17) is 0 Å². The van der Waals surface area contributed by atoms with Crippen molar-refractivity contribution in [3.8, 4) is 0 Å². The molecule has 118 valence electrons. The molecular formula is C18H18N2O2S. The Bertz CT molecular complexity index is 1000. The number of nitrogens with zero attached hydrogens (tertiary/aromatic N) is 1. The lowest BCUT2D eigenvalue weighted by Gasteiger charge is -2.18. The zero-order valence-electron chi connectivity index (χ0n) is 12.9. The van der Waals surface area contributed by atoms with Crippen LogP contribution in [0.25, 0.3) is 10.9 Å². The number of nitrogens with one attached hydrogen (secondary N) is 1. The molecule has 0 saturated carbocycles. The number of hydrogen-bond donors (Lipinski definition) is 1. The Hall–Kier alpha value is -2.11. The van der Waals surface area contributed by atoms with Crippen molar-refractivity contribution >= 4 is 20.9 Å². The zero-order chi connectivity index (χ0) is 16.0. The topological polar surface area (TPSA) is 51.1 Å². The van der Waals surface area contributed by atoms with Gasteiger partial charge in [-0.25, -0.2) is 12.4 Å². The highest BCUT2D eigenvalue weighted by molar-refractivity contribution is 7.90. The third kappa shape index (κ3) is 2.36. The van der Waals surface area contributed by atoms with Crippen molar-refractivity contribution in [2.24, 2.45) is 0 Å². The third-order valence-corrected chi connectivity index (χ3v) is 6.12. The van der Waals surface area contributed by atoms with Crippen LogP contribution < -0.4 is 5.32 Å². The van der Waals surface area contributed by atoms with Gasteiger partial charge in [0, 0.05) is 18.1 Å². The molecule has 0 aliphatic carbocycles. The minimum atomic E-state index is -3.58. The number of hydrogen-bond acceptors (Lipinski definition) is 3. The van der Waals surface area contributed by atoms with Crippen LogP contribution in [-0.4, -0.2) is 18.9 Å². The maximum Gasteiger partial charge on any atom is 0.268 e. The largest absolute Gasteiger partial charge is 0.312 e. The molecule has 1 aliphatic rings. The molecule has 2 aromatic carbocycles. The van der Waals surface area contributed by atoms with Crippen molar-refractivity contribution in [1.29, 1.82) is 0 Å². The first-order valence-corrected chi connectivity index (χ1v) is 9.15. The summed E-state index contributed by atoms with van der Waals surface area (Å²) in [6, 6.07) is 13.2. The van der Waals surface area contributed by atoms with Crippen molar-refractivity contribution in [2.45, 2.75) is 24.8 Å².